The summed E-state index contributed by atoms with van der Waals surface area (Å²) in [6.07, 6.45) is 2.80. The molecule has 20 heavy (non-hydrogen) atoms. The summed E-state index contributed by atoms with van der Waals surface area (Å²) in [7, 11) is -3.12. The van der Waals surface area contributed by atoms with Gasteiger partial charge in [0.1, 0.15) is 0 Å². The van der Waals surface area contributed by atoms with Crippen LogP contribution in [0.25, 0.3) is 0 Å². The van der Waals surface area contributed by atoms with Crippen LogP contribution >= 0.6 is 0 Å². The van der Waals surface area contributed by atoms with Crippen molar-refractivity contribution in [1.29, 1.82) is 0 Å². The van der Waals surface area contributed by atoms with Crippen molar-refractivity contribution in [1.82, 2.24) is 5.32 Å². The maximum atomic E-state index is 11.5. The Kier molecular flexibility index (Phi) is 6.87. The molecule has 1 rings (SSSR count). The van der Waals surface area contributed by atoms with Crippen molar-refractivity contribution in [3.63, 3.8) is 0 Å². The molecule has 0 aromatic rings. The summed E-state index contributed by atoms with van der Waals surface area (Å²) in [5.41, 5.74) is 0. The maximum Gasteiger partial charge on any atom is 0.153 e. The Morgan fingerprint density at radius 3 is 2.75 bits per heavy atom. The molecule has 2 N–H and O–H groups in total. The van der Waals surface area contributed by atoms with Gasteiger partial charge in [0.2, 0.25) is 0 Å². The van der Waals surface area contributed by atoms with Crippen LogP contribution in [0.2, 0.25) is 0 Å². The fourth-order valence-corrected chi connectivity index (χ4v) is 2.21. The van der Waals surface area contributed by atoms with E-state index in [1.165, 1.54) is 6.26 Å². The van der Waals surface area contributed by atoms with Crippen LogP contribution in [0.5, 0.6) is 0 Å². The van der Waals surface area contributed by atoms with Crippen LogP contribution in [0.4, 0.5) is 0 Å². The van der Waals surface area contributed by atoms with Gasteiger partial charge in [0, 0.05) is 26.0 Å². The second-order valence-electron chi connectivity index (χ2n) is 5.99. The van der Waals surface area contributed by atoms with Crippen molar-refractivity contribution in [3.8, 4) is 0 Å². The number of hydrogen-bond donors (Lipinski definition) is 2. The zero-order chi connectivity index (χ0) is 15.2. The van der Waals surface area contributed by atoms with Gasteiger partial charge < -0.3 is 19.9 Å². The lowest BCUT2D eigenvalue weighted by Gasteiger charge is -2.23. The Morgan fingerprint density at radius 2 is 2.20 bits per heavy atom. The van der Waals surface area contributed by atoms with E-state index in [-0.39, 0.29) is 12.7 Å². The largest absolute Gasteiger partial charge is 0.389 e. The van der Waals surface area contributed by atoms with Crippen LogP contribution in [0.1, 0.15) is 26.7 Å². The third-order valence-electron chi connectivity index (χ3n) is 3.57. The van der Waals surface area contributed by atoms with Crippen LogP contribution in [-0.2, 0) is 19.3 Å². The average molecular weight is 309 g/mol. The van der Waals surface area contributed by atoms with E-state index < -0.39 is 20.7 Å². The molecule has 0 aromatic heterocycles. The van der Waals surface area contributed by atoms with Gasteiger partial charge in [-0.05, 0) is 26.7 Å². The Hall–Kier alpha value is -0.210. The molecule has 0 amide bonds. The lowest BCUT2D eigenvalue weighted by molar-refractivity contribution is -0.0164. The highest BCUT2D eigenvalue weighted by Crippen LogP contribution is 2.13. The number of aliphatic hydroxyl groups is 1. The summed E-state index contributed by atoms with van der Waals surface area (Å²) >= 11 is 0. The van der Waals surface area contributed by atoms with Crippen LogP contribution in [-0.4, -0.2) is 69.6 Å². The summed E-state index contributed by atoms with van der Waals surface area (Å²) in [5, 5.41) is 12.7. The van der Waals surface area contributed by atoms with E-state index in [0.717, 1.165) is 19.4 Å². The number of hydrogen-bond acceptors (Lipinski definition) is 6. The molecule has 0 aliphatic carbocycles. The SMILES string of the molecule is CC(C)(CNCC(O)COCC1CCCO1)S(C)(=O)=O. The van der Waals surface area contributed by atoms with Crippen molar-refractivity contribution < 1.29 is 23.0 Å². The molecule has 2 atom stereocenters. The molecular weight excluding hydrogens is 282 g/mol. The lowest BCUT2D eigenvalue weighted by Crippen LogP contribution is -2.44. The normalized spacial score (nSPS) is 22.1. The third-order valence-corrected chi connectivity index (χ3v) is 5.72. The molecule has 0 aromatic carbocycles. The van der Waals surface area contributed by atoms with Crippen molar-refractivity contribution in [2.75, 3.05) is 39.2 Å². The minimum atomic E-state index is -3.12. The molecule has 1 heterocycles. The molecule has 120 valence electrons. The van der Waals surface area contributed by atoms with E-state index in [9.17, 15) is 13.5 Å². The first kappa shape index (κ1) is 17.8. The van der Waals surface area contributed by atoms with Crippen LogP contribution in [0.3, 0.4) is 0 Å². The first-order valence-electron chi connectivity index (χ1n) is 7.00. The van der Waals surface area contributed by atoms with Crippen molar-refractivity contribution >= 4 is 9.84 Å². The Bertz CT molecular complexity index is 376. The highest BCUT2D eigenvalue weighted by molar-refractivity contribution is 7.92. The average Bonchev–Trinajstić information content (AvgIpc) is 2.80. The van der Waals surface area contributed by atoms with Gasteiger partial charge in [-0.3, -0.25) is 0 Å². The van der Waals surface area contributed by atoms with Crippen LogP contribution < -0.4 is 5.32 Å². The zero-order valence-electron chi connectivity index (χ0n) is 12.6. The minimum absolute atomic E-state index is 0.152. The number of aliphatic hydroxyl groups excluding tert-OH is 1. The van der Waals surface area contributed by atoms with E-state index >= 15 is 0 Å². The number of nitrogens with one attached hydrogen (secondary N) is 1. The summed E-state index contributed by atoms with van der Waals surface area (Å²) in [5.74, 6) is 0. The highest BCUT2D eigenvalue weighted by atomic mass is 32.2. The fraction of sp³-hybridized carbons (Fsp3) is 1.00. The van der Waals surface area contributed by atoms with Crippen LogP contribution in [0.15, 0.2) is 0 Å². The summed E-state index contributed by atoms with van der Waals surface area (Å²) < 4.78 is 33.0. The molecule has 1 aliphatic rings. The van der Waals surface area contributed by atoms with Gasteiger partial charge >= 0.3 is 0 Å². The van der Waals surface area contributed by atoms with Crippen molar-refractivity contribution in [2.24, 2.45) is 0 Å². The number of rotatable bonds is 9. The molecule has 0 radical (unpaired) electrons. The summed E-state index contributed by atoms with van der Waals surface area (Å²) in [6.45, 7) is 5.46. The van der Waals surface area contributed by atoms with Gasteiger partial charge in [0.15, 0.2) is 9.84 Å². The summed E-state index contributed by atoms with van der Waals surface area (Å²) in [6, 6.07) is 0. The predicted octanol–water partition coefficient (Wildman–Crippen LogP) is -0.0443. The Labute approximate surface area is 121 Å². The van der Waals surface area contributed by atoms with E-state index in [1.54, 1.807) is 13.8 Å². The van der Waals surface area contributed by atoms with Crippen molar-refractivity contribution in [2.45, 2.75) is 43.6 Å². The molecular formula is C13H27NO5S. The highest BCUT2D eigenvalue weighted by Gasteiger charge is 2.29. The topological polar surface area (TPSA) is 84.9 Å². The molecule has 7 heteroatoms. The molecule has 1 saturated heterocycles. The molecule has 6 nitrogen and oxygen atoms in total. The quantitative estimate of drug-likeness (QED) is 0.621. The second-order valence-corrected chi connectivity index (χ2v) is 8.64. The van der Waals surface area contributed by atoms with Gasteiger partial charge in [-0.2, -0.15) is 0 Å². The van der Waals surface area contributed by atoms with Crippen molar-refractivity contribution in [3.05, 3.63) is 0 Å². The van der Waals surface area contributed by atoms with Gasteiger partial charge in [-0.25, -0.2) is 8.42 Å². The predicted molar refractivity (Wildman–Crippen MR) is 77.6 cm³/mol. The number of sulfone groups is 1. The second kappa shape index (κ2) is 7.70. The molecule has 0 spiro atoms. The van der Waals surface area contributed by atoms with E-state index in [2.05, 4.69) is 5.32 Å². The molecule has 1 fully saturated rings. The minimum Gasteiger partial charge on any atom is -0.389 e. The lowest BCUT2D eigenvalue weighted by atomic mass is 10.2. The molecule has 1 aliphatic heterocycles. The first-order valence-corrected chi connectivity index (χ1v) is 8.89. The Morgan fingerprint density at radius 1 is 1.50 bits per heavy atom. The van der Waals surface area contributed by atoms with Gasteiger partial charge in [0.05, 0.1) is 30.2 Å². The van der Waals surface area contributed by atoms with Gasteiger partial charge in [-0.15, -0.1) is 0 Å². The van der Waals surface area contributed by atoms with Gasteiger partial charge in [0.25, 0.3) is 0 Å². The standard InChI is InChI=1S/C13H27NO5S/c1-13(2,20(3,16)17)10-14-7-11(15)8-18-9-12-5-4-6-19-12/h11-12,14-15H,4-10H2,1-3H3. The fourth-order valence-electron chi connectivity index (χ4n) is 1.84. The Balaban J connectivity index is 2.12. The van der Waals surface area contributed by atoms with E-state index in [1.807, 2.05) is 0 Å². The van der Waals surface area contributed by atoms with Gasteiger partial charge in [-0.1, -0.05) is 0 Å². The first-order chi connectivity index (χ1) is 9.22. The zero-order valence-corrected chi connectivity index (χ0v) is 13.4. The molecule has 2 unspecified atom stereocenters. The summed E-state index contributed by atoms with van der Waals surface area (Å²) in [4.78, 5) is 0. The molecule has 0 bridgehead atoms. The number of ether oxygens (including phenoxy) is 2. The monoisotopic (exact) mass is 309 g/mol. The molecule has 0 saturated carbocycles. The third kappa shape index (κ3) is 6.05. The smallest absolute Gasteiger partial charge is 0.153 e. The van der Waals surface area contributed by atoms with Crippen LogP contribution in [0, 0.1) is 0 Å². The van der Waals surface area contributed by atoms with E-state index in [4.69, 9.17) is 9.47 Å². The van der Waals surface area contributed by atoms with E-state index in [0.29, 0.717) is 19.7 Å². The maximum absolute atomic E-state index is 11.5.